The molecule has 152 valence electrons. The zero-order valence-electron chi connectivity index (χ0n) is 17.0. The van der Waals surface area contributed by atoms with Gasteiger partial charge in [0.1, 0.15) is 18.0 Å². The summed E-state index contributed by atoms with van der Waals surface area (Å²) in [7, 11) is 3.31. The monoisotopic (exact) mass is 394 g/mol. The van der Waals surface area contributed by atoms with E-state index in [4.69, 9.17) is 14.2 Å². The lowest BCUT2D eigenvalue weighted by molar-refractivity contribution is -0.141. The van der Waals surface area contributed by atoms with Crippen LogP contribution in [0.1, 0.15) is 23.6 Å². The highest BCUT2D eigenvalue weighted by atomic mass is 16.5. The highest BCUT2D eigenvalue weighted by Gasteiger charge is 2.18. The van der Waals surface area contributed by atoms with E-state index in [0.29, 0.717) is 12.3 Å². The van der Waals surface area contributed by atoms with Crippen molar-refractivity contribution in [3.63, 3.8) is 0 Å². The van der Waals surface area contributed by atoms with Crippen molar-refractivity contribution in [2.45, 2.75) is 13.3 Å². The van der Waals surface area contributed by atoms with Crippen molar-refractivity contribution in [1.29, 1.82) is 0 Å². The number of allylic oxidation sites excluding steroid dienone is 1. The van der Waals surface area contributed by atoms with E-state index in [0.717, 1.165) is 46.9 Å². The van der Waals surface area contributed by atoms with Gasteiger partial charge in [-0.2, -0.15) is 0 Å². The van der Waals surface area contributed by atoms with Crippen LogP contribution < -0.4 is 14.8 Å². The number of methoxy groups -OCH3 is 2. The lowest BCUT2D eigenvalue weighted by Gasteiger charge is -2.23. The van der Waals surface area contributed by atoms with Crippen molar-refractivity contribution >= 4 is 17.4 Å². The molecule has 1 heterocycles. The maximum atomic E-state index is 11.9. The van der Waals surface area contributed by atoms with E-state index in [1.165, 1.54) is 0 Å². The molecule has 0 saturated carbocycles. The minimum atomic E-state index is -0.357. The van der Waals surface area contributed by atoms with E-state index in [1.54, 1.807) is 21.1 Å². The Hall–Kier alpha value is -3.28. The van der Waals surface area contributed by atoms with Gasteiger partial charge in [-0.25, -0.2) is 0 Å². The maximum Gasteiger partial charge on any atom is 0.327 e. The molecule has 29 heavy (non-hydrogen) atoms. The third-order valence-corrected chi connectivity index (χ3v) is 4.66. The van der Waals surface area contributed by atoms with Crippen molar-refractivity contribution in [1.82, 2.24) is 5.32 Å². The van der Waals surface area contributed by atoms with Gasteiger partial charge in [-0.1, -0.05) is 24.3 Å². The van der Waals surface area contributed by atoms with Gasteiger partial charge in [-0.3, -0.25) is 9.79 Å². The average Bonchev–Trinajstić information content (AvgIpc) is 2.76. The molecule has 1 aliphatic heterocycles. The number of nitrogens with zero attached hydrogens (tertiary/aromatic N) is 1. The van der Waals surface area contributed by atoms with Gasteiger partial charge < -0.3 is 19.5 Å². The first kappa shape index (κ1) is 20.5. The van der Waals surface area contributed by atoms with E-state index in [2.05, 4.69) is 16.4 Å². The molecule has 0 aliphatic carbocycles. The second-order valence-corrected chi connectivity index (χ2v) is 6.46. The van der Waals surface area contributed by atoms with Crippen LogP contribution in [0.2, 0.25) is 0 Å². The van der Waals surface area contributed by atoms with Crippen LogP contribution in [0.15, 0.2) is 53.5 Å². The minimum absolute atomic E-state index is 0.0465. The van der Waals surface area contributed by atoms with Crippen LogP contribution >= 0.6 is 0 Å². The molecule has 1 aliphatic rings. The number of rotatable bonds is 7. The fraction of sp³-hybridized carbons (Fsp3) is 0.304. The van der Waals surface area contributed by atoms with E-state index < -0.39 is 0 Å². The molecule has 0 bridgehead atoms. The largest absolute Gasteiger partial charge is 0.497 e. The quantitative estimate of drug-likeness (QED) is 0.577. The molecule has 6 heteroatoms. The number of aliphatic imine (C=N–C) groups is 1. The zero-order chi connectivity index (χ0) is 20.6. The summed E-state index contributed by atoms with van der Waals surface area (Å²) in [6.45, 7) is 2.86. The molecule has 0 spiro atoms. The summed E-state index contributed by atoms with van der Waals surface area (Å²) in [6, 6.07) is 13.6. The summed E-state index contributed by atoms with van der Waals surface area (Å²) in [5.74, 6) is 1.25. The molecule has 3 rings (SSSR count). The van der Waals surface area contributed by atoms with Gasteiger partial charge in [0.2, 0.25) is 0 Å². The van der Waals surface area contributed by atoms with E-state index in [9.17, 15) is 4.79 Å². The Bertz CT molecular complexity index is 934. The Kier molecular flexibility index (Phi) is 6.89. The van der Waals surface area contributed by atoms with Crippen molar-refractivity contribution in [3.8, 4) is 11.5 Å². The molecule has 0 amide bonds. The Morgan fingerprint density at radius 3 is 2.76 bits per heavy atom. The Balaban J connectivity index is 2.03. The van der Waals surface area contributed by atoms with Gasteiger partial charge in [0, 0.05) is 28.9 Å². The number of fused-ring (bicyclic) bond motifs is 1. The summed E-state index contributed by atoms with van der Waals surface area (Å²) in [6.07, 6.45) is 2.84. The molecule has 0 aromatic heterocycles. The average molecular weight is 394 g/mol. The van der Waals surface area contributed by atoms with Crippen LogP contribution in [0, 0.1) is 0 Å². The highest BCUT2D eigenvalue weighted by molar-refractivity contribution is 6.13. The number of carbonyl (C=O) groups excluding carboxylic acids is 1. The lowest BCUT2D eigenvalue weighted by Crippen LogP contribution is -2.24. The van der Waals surface area contributed by atoms with Crippen molar-refractivity contribution < 1.29 is 19.0 Å². The van der Waals surface area contributed by atoms with Gasteiger partial charge >= 0.3 is 5.97 Å². The SMILES string of the molecule is CCOC(=O)CN=C(/C=C1/NCCc2c(OC)cccc21)c1cccc(OC)c1. The number of benzene rings is 2. The van der Waals surface area contributed by atoms with Crippen LogP contribution in [0.3, 0.4) is 0 Å². The van der Waals surface area contributed by atoms with Crippen molar-refractivity contribution in [2.75, 3.05) is 33.9 Å². The van der Waals surface area contributed by atoms with Gasteiger partial charge in [-0.15, -0.1) is 0 Å². The summed E-state index contributed by atoms with van der Waals surface area (Å²) >= 11 is 0. The molecule has 2 aromatic rings. The number of nitrogens with one attached hydrogen (secondary N) is 1. The Morgan fingerprint density at radius 2 is 2.00 bits per heavy atom. The van der Waals surface area contributed by atoms with Crippen LogP contribution in [0.5, 0.6) is 11.5 Å². The number of hydrogen-bond acceptors (Lipinski definition) is 6. The normalized spacial score (nSPS) is 14.7. The first-order valence-electron chi connectivity index (χ1n) is 9.62. The minimum Gasteiger partial charge on any atom is -0.497 e. The number of ether oxygens (including phenoxy) is 3. The molecular weight excluding hydrogens is 368 g/mol. The fourth-order valence-corrected chi connectivity index (χ4v) is 3.31. The summed E-state index contributed by atoms with van der Waals surface area (Å²) in [5, 5.41) is 3.45. The van der Waals surface area contributed by atoms with Gasteiger partial charge in [0.25, 0.3) is 0 Å². The number of carbonyl (C=O) groups is 1. The Labute approximate surface area is 171 Å². The second kappa shape index (κ2) is 9.78. The first-order valence-corrected chi connectivity index (χ1v) is 9.62. The number of esters is 1. The molecule has 0 saturated heterocycles. The molecular formula is C23H26N2O4. The molecule has 6 nitrogen and oxygen atoms in total. The summed E-state index contributed by atoms with van der Waals surface area (Å²) < 4.78 is 15.9. The van der Waals surface area contributed by atoms with E-state index in [-0.39, 0.29) is 12.5 Å². The third kappa shape index (κ3) is 4.96. The van der Waals surface area contributed by atoms with Gasteiger partial charge in [0.15, 0.2) is 0 Å². The predicted octanol–water partition coefficient (Wildman–Crippen LogP) is 3.24. The summed E-state index contributed by atoms with van der Waals surface area (Å²) in [5.41, 5.74) is 4.71. The van der Waals surface area contributed by atoms with Crippen molar-refractivity contribution in [2.24, 2.45) is 4.99 Å². The third-order valence-electron chi connectivity index (χ3n) is 4.66. The standard InChI is InChI=1S/C23H26N2O4/c1-4-29-23(26)15-25-20(16-7-5-8-17(13-16)27-2)14-21-18-9-6-10-22(28-3)19(18)11-12-24-21/h5-10,13-14,24H,4,11-12,15H2,1-3H3/b21-14+,25-20?. The zero-order valence-corrected chi connectivity index (χ0v) is 17.0. The van der Waals surface area contributed by atoms with Gasteiger partial charge in [-0.05, 0) is 37.6 Å². The van der Waals surface area contributed by atoms with Crippen LogP contribution in [0.4, 0.5) is 0 Å². The lowest BCUT2D eigenvalue weighted by atomic mass is 9.95. The Morgan fingerprint density at radius 1 is 1.17 bits per heavy atom. The molecule has 1 N–H and O–H groups in total. The number of hydrogen-bond donors (Lipinski definition) is 1. The van der Waals surface area contributed by atoms with Gasteiger partial charge in [0.05, 0.1) is 26.5 Å². The topological polar surface area (TPSA) is 69.2 Å². The molecule has 2 aromatic carbocycles. The van der Waals surface area contributed by atoms with Crippen LogP contribution in [0.25, 0.3) is 5.70 Å². The van der Waals surface area contributed by atoms with E-state index in [1.807, 2.05) is 42.5 Å². The maximum absolute atomic E-state index is 11.9. The second-order valence-electron chi connectivity index (χ2n) is 6.46. The fourth-order valence-electron chi connectivity index (χ4n) is 3.31. The molecule has 0 radical (unpaired) electrons. The molecule has 0 unspecified atom stereocenters. The van der Waals surface area contributed by atoms with Crippen LogP contribution in [-0.2, 0) is 16.0 Å². The van der Waals surface area contributed by atoms with Crippen LogP contribution in [-0.4, -0.2) is 45.6 Å². The van der Waals surface area contributed by atoms with E-state index >= 15 is 0 Å². The molecule has 0 fully saturated rings. The van der Waals surface area contributed by atoms with Crippen molar-refractivity contribution in [3.05, 3.63) is 65.2 Å². The summed E-state index contributed by atoms with van der Waals surface area (Å²) in [4.78, 5) is 16.4. The highest BCUT2D eigenvalue weighted by Crippen LogP contribution is 2.30. The molecule has 0 atom stereocenters. The smallest absolute Gasteiger partial charge is 0.327 e. The first-order chi connectivity index (χ1) is 14.2. The predicted molar refractivity (Wildman–Crippen MR) is 114 cm³/mol.